The quantitative estimate of drug-likeness (QED) is 0.243. The average Bonchev–Trinajstić information content (AvgIpc) is 3.57. The fourth-order valence-corrected chi connectivity index (χ4v) is 4.64. The van der Waals surface area contributed by atoms with Crippen LogP contribution in [0, 0.1) is 0 Å². The third-order valence-electron chi connectivity index (χ3n) is 6.30. The summed E-state index contributed by atoms with van der Waals surface area (Å²) in [6.07, 6.45) is 10.5. The molecule has 1 aliphatic rings. The largest absolute Gasteiger partial charge is 0.434 e. The van der Waals surface area contributed by atoms with Gasteiger partial charge in [0.2, 0.25) is 0 Å². The maximum Gasteiger partial charge on any atom is 0.387 e. The lowest BCUT2D eigenvalue weighted by Crippen LogP contribution is -2.39. The van der Waals surface area contributed by atoms with Gasteiger partial charge in [-0.05, 0) is 35.9 Å². The highest BCUT2D eigenvalue weighted by Crippen LogP contribution is 2.35. The number of ether oxygens (including phenoxy) is 1. The first-order valence-corrected chi connectivity index (χ1v) is 12.9. The van der Waals surface area contributed by atoms with Crippen LogP contribution in [0.5, 0.6) is 5.75 Å². The summed E-state index contributed by atoms with van der Waals surface area (Å²) in [6, 6.07) is 8.92. The van der Waals surface area contributed by atoms with Gasteiger partial charge in [0.25, 0.3) is 5.91 Å². The Labute approximate surface area is 238 Å². The van der Waals surface area contributed by atoms with E-state index in [-0.39, 0.29) is 17.9 Å². The number of hydrogen-bond donors (Lipinski definition) is 2. The fourth-order valence-electron chi connectivity index (χ4n) is 4.46. The van der Waals surface area contributed by atoms with Crippen molar-refractivity contribution in [3.63, 3.8) is 0 Å². The highest BCUT2D eigenvalue weighted by Gasteiger charge is 2.31. The number of rotatable bonds is 12. The molecule has 0 saturated carbocycles. The summed E-state index contributed by atoms with van der Waals surface area (Å²) in [7, 11) is 0. The van der Waals surface area contributed by atoms with Crippen LogP contribution in [0.4, 0.5) is 8.78 Å². The number of nitrogens with zero attached hydrogens (tertiary/aromatic N) is 6. The minimum absolute atomic E-state index is 0.0966. The molecule has 1 aliphatic heterocycles. The van der Waals surface area contributed by atoms with Crippen molar-refractivity contribution in [2.75, 3.05) is 19.6 Å². The summed E-state index contributed by atoms with van der Waals surface area (Å²) in [6.45, 7) is -1.53. The molecule has 0 aliphatic carbocycles. The molecule has 3 aromatic heterocycles. The molecule has 4 aromatic rings. The van der Waals surface area contributed by atoms with E-state index in [0.29, 0.717) is 41.6 Å². The van der Waals surface area contributed by atoms with Crippen LogP contribution in [0.1, 0.15) is 27.5 Å². The van der Waals surface area contributed by atoms with E-state index in [9.17, 15) is 18.4 Å². The van der Waals surface area contributed by atoms with Crippen molar-refractivity contribution in [1.29, 1.82) is 0 Å². The summed E-state index contributed by atoms with van der Waals surface area (Å²) >= 11 is 6.23. The molecule has 4 heterocycles. The summed E-state index contributed by atoms with van der Waals surface area (Å²) in [5.41, 5.74) is 5.41. The van der Waals surface area contributed by atoms with Crippen LogP contribution >= 0.6 is 11.6 Å². The number of benzene rings is 1. The van der Waals surface area contributed by atoms with Crippen molar-refractivity contribution < 1.29 is 23.1 Å². The lowest BCUT2D eigenvalue weighted by Gasteiger charge is -2.25. The smallest absolute Gasteiger partial charge is 0.387 e. The summed E-state index contributed by atoms with van der Waals surface area (Å²) in [4.78, 5) is 34.9. The van der Waals surface area contributed by atoms with Crippen molar-refractivity contribution >= 4 is 29.4 Å². The molecule has 0 radical (unpaired) electrons. The Hall–Kier alpha value is -4.46. The molecule has 1 unspecified atom stereocenters. The van der Waals surface area contributed by atoms with Crippen molar-refractivity contribution in [1.82, 2.24) is 40.2 Å². The lowest BCUT2D eigenvalue weighted by molar-refractivity contribution is -0.109. The average molecular weight is 583 g/mol. The standard InChI is InChI=1S/C27H25ClF2N8O3/c28-19-4-5-23(41-27(29)30)20(13-19)24-22(34-26(40)21-15-33-38-8-2-7-32-25(21)38)17-37(35-24)10-9-36(11-12-39)16-18-3-1-6-31-14-18/h1-8,12-15,17,24,27,35H,9-11,16H2,(H,34,40). The Morgan fingerprint density at radius 1 is 1.24 bits per heavy atom. The minimum Gasteiger partial charge on any atom is -0.434 e. The first kappa shape index (κ1) is 28.1. The zero-order valence-corrected chi connectivity index (χ0v) is 22.3. The van der Waals surface area contributed by atoms with E-state index in [4.69, 9.17) is 16.3 Å². The second kappa shape index (κ2) is 12.8. The molecule has 1 aromatic carbocycles. The third kappa shape index (κ3) is 6.82. The summed E-state index contributed by atoms with van der Waals surface area (Å²) < 4.78 is 32.7. The van der Waals surface area contributed by atoms with Gasteiger partial charge in [0.15, 0.2) is 5.65 Å². The molecule has 0 saturated heterocycles. The van der Waals surface area contributed by atoms with Gasteiger partial charge in [0, 0.05) is 61.2 Å². The molecule has 5 rings (SSSR count). The molecule has 1 atom stereocenters. The molecule has 212 valence electrons. The number of carbonyl (C=O) groups is 2. The first-order valence-electron chi connectivity index (χ1n) is 12.5. The SMILES string of the molecule is O=CCN(CCN1C=C(NC(=O)c2cnn3cccnc23)C(c2cc(Cl)ccc2OC(F)F)N1)Cc1cccnc1. The molecular weight excluding hydrogens is 558 g/mol. The minimum atomic E-state index is -3.07. The van der Waals surface area contributed by atoms with Crippen molar-refractivity contribution in [3.8, 4) is 5.75 Å². The van der Waals surface area contributed by atoms with Gasteiger partial charge < -0.3 is 19.9 Å². The Bertz CT molecular complexity index is 1550. The van der Waals surface area contributed by atoms with E-state index >= 15 is 0 Å². The Balaban J connectivity index is 1.40. The van der Waals surface area contributed by atoms with Crippen LogP contribution in [-0.4, -0.2) is 67.9 Å². The molecule has 1 amide bonds. The Kier molecular flexibility index (Phi) is 8.77. The predicted molar refractivity (Wildman–Crippen MR) is 145 cm³/mol. The van der Waals surface area contributed by atoms with Gasteiger partial charge in [0.05, 0.1) is 24.5 Å². The third-order valence-corrected chi connectivity index (χ3v) is 6.54. The molecule has 2 N–H and O–H groups in total. The van der Waals surface area contributed by atoms with Gasteiger partial charge in [-0.2, -0.15) is 13.9 Å². The van der Waals surface area contributed by atoms with E-state index in [1.807, 2.05) is 17.0 Å². The zero-order chi connectivity index (χ0) is 28.8. The van der Waals surface area contributed by atoms with E-state index < -0.39 is 18.6 Å². The topological polar surface area (TPSA) is 117 Å². The Morgan fingerprint density at radius 3 is 2.90 bits per heavy atom. The van der Waals surface area contributed by atoms with E-state index in [0.717, 1.165) is 11.8 Å². The Morgan fingerprint density at radius 2 is 2.12 bits per heavy atom. The van der Waals surface area contributed by atoms with Crippen molar-refractivity contribution in [2.45, 2.75) is 19.2 Å². The normalized spacial score (nSPS) is 15.0. The van der Waals surface area contributed by atoms with Crippen LogP contribution in [-0.2, 0) is 11.3 Å². The number of hydrazine groups is 1. The number of fused-ring (bicyclic) bond motifs is 1. The zero-order valence-electron chi connectivity index (χ0n) is 21.5. The summed E-state index contributed by atoms with van der Waals surface area (Å²) in [5, 5.41) is 9.03. The maximum absolute atomic E-state index is 13.3. The highest BCUT2D eigenvalue weighted by atomic mass is 35.5. The van der Waals surface area contributed by atoms with Crippen LogP contribution in [0.3, 0.4) is 0 Å². The van der Waals surface area contributed by atoms with Crippen LogP contribution < -0.4 is 15.5 Å². The monoisotopic (exact) mass is 582 g/mol. The number of pyridine rings is 1. The highest BCUT2D eigenvalue weighted by molar-refractivity contribution is 6.30. The van der Waals surface area contributed by atoms with Crippen molar-refractivity contribution in [2.24, 2.45) is 0 Å². The van der Waals surface area contributed by atoms with Crippen LogP contribution in [0.2, 0.25) is 5.02 Å². The molecule has 41 heavy (non-hydrogen) atoms. The molecular formula is C27H25ClF2N8O3. The number of halogens is 3. The van der Waals surface area contributed by atoms with Gasteiger partial charge in [-0.3, -0.25) is 14.7 Å². The second-order valence-corrected chi connectivity index (χ2v) is 9.50. The number of aldehydes is 1. The number of carbonyl (C=O) groups excluding carboxylic acids is 2. The number of hydrogen-bond acceptors (Lipinski definition) is 9. The predicted octanol–water partition coefficient (Wildman–Crippen LogP) is 3.21. The van der Waals surface area contributed by atoms with Gasteiger partial charge in [-0.15, -0.1) is 0 Å². The second-order valence-electron chi connectivity index (χ2n) is 9.06. The molecule has 0 fully saturated rings. The van der Waals surface area contributed by atoms with Gasteiger partial charge in [-0.25, -0.2) is 14.9 Å². The molecule has 11 nitrogen and oxygen atoms in total. The maximum atomic E-state index is 13.3. The lowest BCUT2D eigenvalue weighted by atomic mass is 10.0. The van der Waals surface area contributed by atoms with E-state index in [1.54, 1.807) is 42.1 Å². The fraction of sp³-hybridized carbons (Fsp3) is 0.222. The number of nitrogens with one attached hydrogen (secondary N) is 2. The number of aromatic nitrogens is 4. The summed E-state index contributed by atoms with van der Waals surface area (Å²) in [5.74, 6) is -0.586. The first-order chi connectivity index (χ1) is 19.9. The van der Waals surface area contributed by atoms with Crippen molar-refractivity contribution in [3.05, 3.63) is 101 Å². The molecule has 14 heteroatoms. The van der Waals surface area contributed by atoms with Gasteiger partial charge >= 0.3 is 6.61 Å². The number of amides is 1. The van der Waals surface area contributed by atoms with Gasteiger partial charge in [0.1, 0.15) is 17.6 Å². The van der Waals surface area contributed by atoms with E-state index in [2.05, 4.69) is 25.8 Å². The van der Waals surface area contributed by atoms with E-state index in [1.165, 1.54) is 28.9 Å². The molecule has 0 bridgehead atoms. The van der Waals surface area contributed by atoms with Gasteiger partial charge in [-0.1, -0.05) is 17.7 Å². The van der Waals surface area contributed by atoms with Crippen LogP contribution in [0.15, 0.2) is 79.3 Å². The number of alkyl halides is 2. The molecule has 0 spiro atoms. The van der Waals surface area contributed by atoms with Crippen LogP contribution in [0.25, 0.3) is 5.65 Å².